The van der Waals surface area contributed by atoms with Crippen LogP contribution in [0.25, 0.3) is 21.2 Å². The molecule has 0 unspecified atom stereocenters. The van der Waals surface area contributed by atoms with Crippen molar-refractivity contribution in [1.82, 2.24) is 4.57 Å². The van der Waals surface area contributed by atoms with Crippen molar-refractivity contribution < 1.29 is 14.3 Å². The van der Waals surface area contributed by atoms with Crippen molar-refractivity contribution in [3.05, 3.63) is 87.7 Å². The molecule has 32 heavy (non-hydrogen) atoms. The zero-order valence-corrected chi connectivity index (χ0v) is 19.1. The molecule has 164 valence electrons. The van der Waals surface area contributed by atoms with Crippen molar-refractivity contribution in [2.45, 2.75) is 27.0 Å². The van der Waals surface area contributed by atoms with E-state index < -0.39 is 5.97 Å². The fourth-order valence-electron chi connectivity index (χ4n) is 3.78. The maximum absolute atomic E-state index is 13.4. The number of hydrogen-bond donors (Lipinski definition) is 0. The van der Waals surface area contributed by atoms with Gasteiger partial charge < -0.3 is 14.0 Å². The highest BCUT2D eigenvalue weighted by Crippen LogP contribution is 2.36. The van der Waals surface area contributed by atoms with Crippen LogP contribution in [0.15, 0.2) is 70.8 Å². The molecule has 0 N–H and O–H groups in total. The third-order valence-electron chi connectivity index (χ3n) is 5.19. The molecule has 0 spiro atoms. The molecular formula is C26H25NO4S. The maximum atomic E-state index is 13.4. The molecule has 0 amide bonds. The lowest BCUT2D eigenvalue weighted by molar-refractivity contribution is 0.0587. The Balaban J connectivity index is 1.94. The molecule has 4 aromatic rings. The molecule has 0 fully saturated rings. The van der Waals surface area contributed by atoms with Crippen LogP contribution in [-0.2, 0) is 17.9 Å². The highest BCUT2D eigenvalue weighted by atomic mass is 32.1. The first-order valence-electron chi connectivity index (χ1n) is 10.5. The maximum Gasteiger partial charge on any atom is 0.355 e. The third-order valence-corrected chi connectivity index (χ3v) is 6.07. The van der Waals surface area contributed by atoms with Crippen molar-refractivity contribution in [2.75, 3.05) is 7.11 Å². The molecule has 2 heterocycles. The number of nitrogens with zero attached hydrogens (tertiary/aromatic N) is 1. The van der Waals surface area contributed by atoms with Gasteiger partial charge in [-0.1, -0.05) is 50.2 Å². The van der Waals surface area contributed by atoms with E-state index in [1.807, 2.05) is 73.8 Å². The highest BCUT2D eigenvalue weighted by Gasteiger charge is 2.25. The number of hydrogen-bond acceptors (Lipinski definition) is 5. The van der Waals surface area contributed by atoms with Crippen LogP contribution in [0.4, 0.5) is 0 Å². The quantitative estimate of drug-likeness (QED) is 0.339. The van der Waals surface area contributed by atoms with Crippen LogP contribution in [0.3, 0.4) is 0 Å². The van der Waals surface area contributed by atoms with Gasteiger partial charge in [0.05, 0.1) is 7.11 Å². The Morgan fingerprint density at radius 1 is 1.03 bits per heavy atom. The molecular weight excluding hydrogens is 422 g/mol. The van der Waals surface area contributed by atoms with E-state index in [1.54, 1.807) is 10.6 Å². The molecule has 0 atom stereocenters. The summed E-state index contributed by atoms with van der Waals surface area (Å²) in [6, 6.07) is 19.2. The van der Waals surface area contributed by atoms with Crippen LogP contribution in [0, 0.1) is 5.92 Å². The summed E-state index contributed by atoms with van der Waals surface area (Å²) < 4.78 is 12.7. The lowest BCUT2D eigenvalue weighted by atomic mass is 10.0. The van der Waals surface area contributed by atoms with Crippen molar-refractivity contribution in [1.29, 1.82) is 0 Å². The van der Waals surface area contributed by atoms with Crippen LogP contribution >= 0.6 is 11.3 Å². The average molecular weight is 448 g/mol. The summed E-state index contributed by atoms with van der Waals surface area (Å²) in [7, 11) is 1.34. The normalized spacial score (nSPS) is 11.1. The Labute approximate surface area is 190 Å². The van der Waals surface area contributed by atoms with Gasteiger partial charge in [0.2, 0.25) is 0 Å². The Hall–Kier alpha value is -3.38. The number of fused-ring (bicyclic) bond motifs is 1. The van der Waals surface area contributed by atoms with Crippen LogP contribution in [0.1, 0.15) is 29.9 Å². The van der Waals surface area contributed by atoms with Gasteiger partial charge in [0.1, 0.15) is 18.1 Å². The number of benzene rings is 2. The molecule has 2 aromatic carbocycles. The number of rotatable bonds is 7. The lowest BCUT2D eigenvalue weighted by Crippen LogP contribution is -2.29. The molecule has 0 aliphatic carbocycles. The summed E-state index contributed by atoms with van der Waals surface area (Å²) >= 11 is 1.52. The Kier molecular flexibility index (Phi) is 6.42. The predicted octanol–water partition coefficient (Wildman–Crippen LogP) is 5.75. The summed E-state index contributed by atoms with van der Waals surface area (Å²) in [5, 5.41) is 3.19. The third kappa shape index (κ3) is 4.32. The molecule has 6 heteroatoms. The number of carbonyl (C=O) groups excluding carboxylic acids is 1. The van der Waals surface area contributed by atoms with E-state index in [1.165, 1.54) is 18.4 Å². The molecule has 5 nitrogen and oxygen atoms in total. The van der Waals surface area contributed by atoms with Gasteiger partial charge in [-0.15, -0.1) is 11.3 Å². The minimum absolute atomic E-state index is 0.179. The first-order chi connectivity index (χ1) is 15.5. The molecule has 0 radical (unpaired) electrons. The molecule has 2 aromatic heterocycles. The van der Waals surface area contributed by atoms with Gasteiger partial charge in [-0.2, -0.15) is 0 Å². The van der Waals surface area contributed by atoms with E-state index in [2.05, 4.69) is 0 Å². The fourth-order valence-corrected chi connectivity index (χ4v) is 4.56. The van der Waals surface area contributed by atoms with Gasteiger partial charge in [0.25, 0.3) is 5.56 Å². The van der Waals surface area contributed by atoms with Crippen molar-refractivity contribution in [3.8, 4) is 16.2 Å². The first kappa shape index (κ1) is 21.8. The first-order valence-corrected chi connectivity index (χ1v) is 11.4. The second kappa shape index (κ2) is 9.40. The van der Waals surface area contributed by atoms with E-state index in [4.69, 9.17) is 9.47 Å². The van der Waals surface area contributed by atoms with Gasteiger partial charge >= 0.3 is 5.97 Å². The Morgan fingerprint density at radius 3 is 2.47 bits per heavy atom. The van der Waals surface area contributed by atoms with E-state index in [9.17, 15) is 9.59 Å². The zero-order valence-electron chi connectivity index (χ0n) is 18.3. The number of ether oxygens (including phenoxy) is 2. The van der Waals surface area contributed by atoms with Gasteiger partial charge in [-0.05, 0) is 41.1 Å². The number of methoxy groups -OCH3 is 1. The summed E-state index contributed by atoms with van der Waals surface area (Å²) in [6.45, 7) is 4.87. The molecule has 0 aliphatic heterocycles. The van der Waals surface area contributed by atoms with Gasteiger partial charge in [-0.3, -0.25) is 4.79 Å². The van der Waals surface area contributed by atoms with Gasteiger partial charge in [-0.25, -0.2) is 4.79 Å². The molecule has 0 aliphatic rings. The largest absolute Gasteiger partial charge is 0.489 e. The predicted molar refractivity (Wildman–Crippen MR) is 128 cm³/mol. The van der Waals surface area contributed by atoms with Gasteiger partial charge in [0, 0.05) is 27.8 Å². The smallest absolute Gasteiger partial charge is 0.355 e. The molecule has 0 bridgehead atoms. The number of aromatic nitrogens is 1. The van der Waals surface area contributed by atoms with Crippen molar-refractivity contribution in [3.63, 3.8) is 0 Å². The number of pyridine rings is 1. The van der Waals surface area contributed by atoms with E-state index >= 15 is 0 Å². The molecule has 0 saturated carbocycles. The topological polar surface area (TPSA) is 57.5 Å². The van der Waals surface area contributed by atoms with Crippen LogP contribution in [0.2, 0.25) is 0 Å². The Morgan fingerprint density at radius 2 is 1.81 bits per heavy atom. The highest BCUT2D eigenvalue weighted by molar-refractivity contribution is 7.13. The Bertz CT molecular complexity index is 1290. The van der Waals surface area contributed by atoms with E-state index in [0.717, 1.165) is 10.4 Å². The molecule has 4 rings (SSSR count). The summed E-state index contributed by atoms with van der Waals surface area (Å²) in [4.78, 5) is 27.2. The minimum atomic E-state index is -0.524. The zero-order chi connectivity index (χ0) is 22.7. The molecule has 0 saturated heterocycles. The van der Waals surface area contributed by atoms with Crippen molar-refractivity contribution >= 4 is 28.1 Å². The van der Waals surface area contributed by atoms with Crippen molar-refractivity contribution in [2.24, 2.45) is 5.92 Å². The van der Waals surface area contributed by atoms with E-state index in [0.29, 0.717) is 35.2 Å². The fraction of sp³-hybridized carbons (Fsp3) is 0.231. The van der Waals surface area contributed by atoms with Crippen LogP contribution in [-0.4, -0.2) is 17.6 Å². The van der Waals surface area contributed by atoms with Crippen LogP contribution < -0.4 is 10.3 Å². The minimum Gasteiger partial charge on any atom is -0.489 e. The summed E-state index contributed by atoms with van der Waals surface area (Å²) in [6.07, 6.45) is 0. The van der Waals surface area contributed by atoms with Gasteiger partial charge in [0.15, 0.2) is 0 Å². The number of esters is 1. The van der Waals surface area contributed by atoms with Crippen LogP contribution in [0.5, 0.6) is 5.75 Å². The van der Waals surface area contributed by atoms with E-state index in [-0.39, 0.29) is 17.2 Å². The number of thiophene rings is 1. The number of carbonyl (C=O) groups is 1. The lowest BCUT2D eigenvalue weighted by Gasteiger charge is -2.19. The monoisotopic (exact) mass is 447 g/mol. The average Bonchev–Trinajstić information content (AvgIpc) is 3.33. The standard InChI is InChI=1S/C26H25NO4S/c1-17(2)15-27-24(26(29)30-3)23(22-10-7-13-32-22)21-14-19(11-12-20(21)25(27)28)31-16-18-8-5-4-6-9-18/h4-14,17H,15-16H2,1-3H3. The SMILES string of the molecule is COC(=O)c1c(-c2cccs2)c2cc(OCc3ccccc3)ccc2c(=O)n1CC(C)C. The second-order valence-electron chi connectivity index (χ2n) is 7.98. The summed E-state index contributed by atoms with van der Waals surface area (Å²) in [5.74, 6) is 0.290. The summed E-state index contributed by atoms with van der Waals surface area (Å²) in [5.41, 5.74) is 1.83. The second-order valence-corrected chi connectivity index (χ2v) is 8.93.